The predicted molar refractivity (Wildman–Crippen MR) is 83.6 cm³/mol. The van der Waals surface area contributed by atoms with Crippen molar-refractivity contribution in [2.24, 2.45) is 5.92 Å². The molecule has 2 fully saturated rings. The van der Waals surface area contributed by atoms with Gasteiger partial charge in [-0.25, -0.2) is 0 Å². The van der Waals surface area contributed by atoms with Gasteiger partial charge in [0.1, 0.15) is 0 Å². The molecule has 0 bridgehead atoms. The van der Waals surface area contributed by atoms with Crippen LogP contribution in [-0.4, -0.2) is 30.5 Å². The highest BCUT2D eigenvalue weighted by molar-refractivity contribution is 9.11. The number of ether oxygens (including phenoxy) is 2. The minimum absolute atomic E-state index is 0.161. The number of aliphatic hydroxyl groups excluding tert-OH is 1. The molecular weight excluding hydrogens is 388 g/mol. The lowest BCUT2D eigenvalue weighted by Gasteiger charge is -2.39. The van der Waals surface area contributed by atoms with Crippen LogP contribution < -0.4 is 0 Å². The van der Waals surface area contributed by atoms with Crippen LogP contribution in [0.25, 0.3) is 0 Å². The predicted octanol–water partition coefficient (Wildman–Crippen LogP) is 3.83. The molecule has 3 rings (SSSR count). The fourth-order valence-corrected chi connectivity index (χ4v) is 4.48. The van der Waals surface area contributed by atoms with Crippen molar-refractivity contribution in [3.05, 3.63) is 32.7 Å². The van der Waals surface area contributed by atoms with E-state index < -0.39 is 6.10 Å². The van der Waals surface area contributed by atoms with Gasteiger partial charge >= 0.3 is 0 Å². The van der Waals surface area contributed by atoms with Crippen LogP contribution in [-0.2, 0) is 9.47 Å². The van der Waals surface area contributed by atoms with E-state index in [1.807, 2.05) is 18.2 Å². The first-order valence-corrected chi connectivity index (χ1v) is 8.53. The Balaban J connectivity index is 1.77. The number of hydrogen-bond acceptors (Lipinski definition) is 3. The van der Waals surface area contributed by atoms with Crippen LogP contribution in [0, 0.1) is 5.92 Å². The van der Waals surface area contributed by atoms with Gasteiger partial charge in [0.25, 0.3) is 0 Å². The van der Waals surface area contributed by atoms with E-state index in [0.29, 0.717) is 13.2 Å². The minimum atomic E-state index is -0.459. The van der Waals surface area contributed by atoms with Crippen LogP contribution in [0.3, 0.4) is 0 Å². The Morgan fingerprint density at radius 1 is 1.30 bits per heavy atom. The molecule has 2 saturated heterocycles. The lowest BCUT2D eigenvalue weighted by molar-refractivity contribution is -0.117. The molecule has 0 radical (unpaired) electrons. The third-order valence-corrected chi connectivity index (χ3v) is 5.51. The zero-order chi connectivity index (χ0) is 14.2. The number of benzene rings is 1. The van der Waals surface area contributed by atoms with Gasteiger partial charge in [-0.05, 0) is 36.5 Å². The summed E-state index contributed by atoms with van der Waals surface area (Å²) in [6, 6.07) is 5.93. The zero-order valence-corrected chi connectivity index (χ0v) is 14.3. The standard InChI is InChI=1S/C15H18Br2O3/c16-11-1-2-12(13(17)7-11)14(18)10-3-5-20-15(8-10)4-6-19-9-15/h1-2,7,10,14,18H,3-6,8-9H2. The fourth-order valence-electron chi connectivity index (χ4n) is 3.19. The summed E-state index contributed by atoms with van der Waals surface area (Å²) in [5.41, 5.74) is 0.792. The molecule has 2 aliphatic rings. The van der Waals surface area contributed by atoms with E-state index in [1.165, 1.54) is 0 Å². The van der Waals surface area contributed by atoms with Crippen LogP contribution in [0.1, 0.15) is 30.9 Å². The first-order chi connectivity index (χ1) is 9.60. The molecule has 2 heterocycles. The van der Waals surface area contributed by atoms with E-state index >= 15 is 0 Å². The highest BCUT2D eigenvalue weighted by atomic mass is 79.9. The van der Waals surface area contributed by atoms with Gasteiger partial charge in [-0.15, -0.1) is 0 Å². The highest BCUT2D eigenvalue weighted by Gasteiger charge is 2.43. The van der Waals surface area contributed by atoms with E-state index in [0.717, 1.165) is 40.4 Å². The first-order valence-electron chi connectivity index (χ1n) is 6.94. The first kappa shape index (κ1) is 15.0. The molecule has 3 atom stereocenters. The third-order valence-electron chi connectivity index (χ3n) is 4.33. The molecule has 1 aromatic carbocycles. The van der Waals surface area contributed by atoms with Gasteiger partial charge in [0.05, 0.1) is 18.3 Å². The smallest absolute Gasteiger partial charge is 0.0940 e. The van der Waals surface area contributed by atoms with Crippen molar-refractivity contribution in [1.82, 2.24) is 0 Å². The summed E-state index contributed by atoms with van der Waals surface area (Å²) in [4.78, 5) is 0. The number of halogens is 2. The average molecular weight is 406 g/mol. The van der Waals surface area contributed by atoms with Gasteiger partial charge in [-0.2, -0.15) is 0 Å². The second kappa shape index (κ2) is 6.05. The molecule has 1 spiro atoms. The Hall–Kier alpha value is 0.0600. The number of hydrogen-bond donors (Lipinski definition) is 1. The van der Waals surface area contributed by atoms with Crippen molar-refractivity contribution in [1.29, 1.82) is 0 Å². The van der Waals surface area contributed by atoms with E-state index in [4.69, 9.17) is 9.47 Å². The van der Waals surface area contributed by atoms with Crippen LogP contribution in [0.15, 0.2) is 27.1 Å². The second-order valence-corrected chi connectivity index (χ2v) is 7.47. The van der Waals surface area contributed by atoms with Crippen molar-refractivity contribution in [3.63, 3.8) is 0 Å². The Morgan fingerprint density at radius 2 is 2.15 bits per heavy atom. The van der Waals surface area contributed by atoms with Crippen LogP contribution in [0.5, 0.6) is 0 Å². The highest BCUT2D eigenvalue weighted by Crippen LogP contribution is 2.42. The summed E-state index contributed by atoms with van der Waals surface area (Å²) in [6.07, 6.45) is 2.25. The third kappa shape index (κ3) is 2.97. The Labute approximate surface area is 135 Å². The summed E-state index contributed by atoms with van der Waals surface area (Å²) < 4.78 is 13.4. The maximum absolute atomic E-state index is 10.7. The van der Waals surface area contributed by atoms with Crippen molar-refractivity contribution < 1.29 is 14.6 Å². The van der Waals surface area contributed by atoms with Crippen LogP contribution in [0.2, 0.25) is 0 Å². The van der Waals surface area contributed by atoms with Crippen LogP contribution >= 0.6 is 31.9 Å². The molecule has 2 aliphatic heterocycles. The Kier molecular flexibility index (Phi) is 4.53. The summed E-state index contributed by atoms with van der Waals surface area (Å²) >= 11 is 6.99. The van der Waals surface area contributed by atoms with E-state index in [1.54, 1.807) is 0 Å². The molecule has 110 valence electrons. The minimum Gasteiger partial charge on any atom is -0.388 e. The molecule has 0 aromatic heterocycles. The number of rotatable bonds is 2. The average Bonchev–Trinajstić information content (AvgIpc) is 2.86. The Morgan fingerprint density at radius 3 is 2.85 bits per heavy atom. The van der Waals surface area contributed by atoms with Crippen molar-refractivity contribution in [2.75, 3.05) is 19.8 Å². The van der Waals surface area contributed by atoms with Crippen molar-refractivity contribution >= 4 is 31.9 Å². The number of aliphatic hydroxyl groups is 1. The quantitative estimate of drug-likeness (QED) is 0.812. The summed E-state index contributed by atoms with van der Waals surface area (Å²) in [7, 11) is 0. The molecule has 0 aliphatic carbocycles. The van der Waals surface area contributed by atoms with Gasteiger partial charge < -0.3 is 14.6 Å². The molecule has 0 amide bonds. The monoisotopic (exact) mass is 404 g/mol. The normalized spacial score (nSPS) is 31.6. The van der Waals surface area contributed by atoms with Gasteiger partial charge in [-0.1, -0.05) is 37.9 Å². The van der Waals surface area contributed by atoms with Crippen molar-refractivity contribution in [3.8, 4) is 0 Å². The summed E-state index contributed by atoms with van der Waals surface area (Å²) in [6.45, 7) is 2.14. The topological polar surface area (TPSA) is 38.7 Å². The molecular formula is C15H18Br2O3. The summed E-state index contributed by atoms with van der Waals surface area (Å²) in [5.74, 6) is 0.225. The van der Waals surface area contributed by atoms with Gasteiger partial charge in [0, 0.05) is 28.6 Å². The van der Waals surface area contributed by atoms with E-state index in [-0.39, 0.29) is 11.5 Å². The van der Waals surface area contributed by atoms with Crippen molar-refractivity contribution in [2.45, 2.75) is 31.0 Å². The van der Waals surface area contributed by atoms with Gasteiger partial charge in [-0.3, -0.25) is 0 Å². The summed E-state index contributed by atoms with van der Waals surface area (Å²) in [5, 5.41) is 10.7. The molecule has 1 N–H and O–H groups in total. The van der Waals surface area contributed by atoms with Gasteiger partial charge in [0.15, 0.2) is 0 Å². The molecule has 0 saturated carbocycles. The molecule has 20 heavy (non-hydrogen) atoms. The van der Waals surface area contributed by atoms with Gasteiger partial charge in [0.2, 0.25) is 0 Å². The molecule has 5 heteroatoms. The molecule has 3 nitrogen and oxygen atoms in total. The second-order valence-electron chi connectivity index (χ2n) is 5.70. The maximum atomic E-state index is 10.7. The SMILES string of the molecule is OC(c1ccc(Br)cc1Br)C1CCOC2(CCOC2)C1. The molecule has 3 unspecified atom stereocenters. The van der Waals surface area contributed by atoms with E-state index in [2.05, 4.69) is 31.9 Å². The molecule has 1 aromatic rings. The zero-order valence-electron chi connectivity index (χ0n) is 11.1. The largest absolute Gasteiger partial charge is 0.388 e. The lowest BCUT2D eigenvalue weighted by Crippen LogP contribution is -2.41. The maximum Gasteiger partial charge on any atom is 0.0940 e. The Bertz CT molecular complexity index is 486. The van der Waals surface area contributed by atoms with Crippen LogP contribution in [0.4, 0.5) is 0 Å². The van der Waals surface area contributed by atoms with E-state index in [9.17, 15) is 5.11 Å². The fraction of sp³-hybridized carbons (Fsp3) is 0.600. The lowest BCUT2D eigenvalue weighted by atomic mass is 9.80.